The van der Waals surface area contributed by atoms with Crippen molar-refractivity contribution in [3.05, 3.63) is 23.5 Å². The van der Waals surface area contributed by atoms with Gasteiger partial charge in [0.15, 0.2) is 0 Å². The molecule has 8 heteroatoms. The minimum atomic E-state index is -0.362. The molecule has 1 heterocycles. The van der Waals surface area contributed by atoms with E-state index >= 15 is 0 Å². The third-order valence-corrected chi connectivity index (χ3v) is 2.13. The van der Waals surface area contributed by atoms with E-state index in [2.05, 4.69) is 15.6 Å². The van der Waals surface area contributed by atoms with Crippen LogP contribution in [0.4, 0.5) is 5.69 Å². The average Bonchev–Trinajstić information content (AvgIpc) is 2.29. The quantitative estimate of drug-likeness (QED) is 0.757. The number of pyridine rings is 1. The van der Waals surface area contributed by atoms with Crippen LogP contribution < -0.4 is 16.4 Å². The maximum atomic E-state index is 11.5. The van der Waals surface area contributed by atoms with Crippen molar-refractivity contribution in [3.63, 3.8) is 0 Å². The molecule has 4 N–H and O–H groups in total. The Morgan fingerprint density at radius 1 is 1.21 bits per heavy atom. The van der Waals surface area contributed by atoms with Crippen molar-refractivity contribution >= 4 is 42.3 Å². The molecule has 1 aromatic rings. The summed E-state index contributed by atoms with van der Waals surface area (Å²) in [7, 11) is 0. The molecule has 0 aromatic carbocycles. The molecular weight excluding hydrogens is 291 g/mol. The minimum absolute atomic E-state index is 0. The SMILES string of the molecule is Cc1ccc(NC(=O)CNC(=O)CN)c(C)n1.Cl.Cl. The number of rotatable bonds is 4. The highest BCUT2D eigenvalue weighted by atomic mass is 35.5. The fraction of sp³-hybridized carbons (Fsp3) is 0.364. The van der Waals surface area contributed by atoms with Crippen molar-refractivity contribution in [1.82, 2.24) is 10.3 Å². The van der Waals surface area contributed by atoms with E-state index in [4.69, 9.17) is 5.73 Å². The molecule has 6 nitrogen and oxygen atoms in total. The molecule has 0 spiro atoms. The second kappa shape index (κ2) is 9.55. The highest BCUT2D eigenvalue weighted by Crippen LogP contribution is 2.11. The smallest absolute Gasteiger partial charge is 0.243 e. The molecule has 0 unspecified atom stereocenters. The van der Waals surface area contributed by atoms with Gasteiger partial charge in [0.25, 0.3) is 0 Å². The van der Waals surface area contributed by atoms with Gasteiger partial charge in [0.05, 0.1) is 24.5 Å². The zero-order chi connectivity index (χ0) is 12.8. The molecule has 2 amide bonds. The molecule has 0 fully saturated rings. The lowest BCUT2D eigenvalue weighted by atomic mass is 10.2. The Bertz CT molecular complexity index is 441. The summed E-state index contributed by atoms with van der Waals surface area (Å²) in [4.78, 5) is 26.5. The molecule has 1 aromatic heterocycles. The maximum Gasteiger partial charge on any atom is 0.243 e. The van der Waals surface area contributed by atoms with Gasteiger partial charge in [0.1, 0.15) is 0 Å². The van der Waals surface area contributed by atoms with Gasteiger partial charge in [-0.3, -0.25) is 14.6 Å². The third kappa shape index (κ3) is 6.95. The number of anilines is 1. The number of nitrogens with one attached hydrogen (secondary N) is 2. The Labute approximate surface area is 124 Å². The van der Waals surface area contributed by atoms with Crippen molar-refractivity contribution in [2.24, 2.45) is 5.73 Å². The molecular formula is C11H18Cl2N4O2. The summed E-state index contributed by atoms with van der Waals surface area (Å²) < 4.78 is 0. The second-order valence-electron chi connectivity index (χ2n) is 3.61. The van der Waals surface area contributed by atoms with Gasteiger partial charge in [-0.25, -0.2) is 0 Å². The Morgan fingerprint density at radius 2 is 1.84 bits per heavy atom. The van der Waals surface area contributed by atoms with Gasteiger partial charge in [-0.05, 0) is 26.0 Å². The molecule has 0 aliphatic rings. The van der Waals surface area contributed by atoms with Crippen molar-refractivity contribution in [2.75, 3.05) is 18.4 Å². The molecule has 19 heavy (non-hydrogen) atoms. The lowest BCUT2D eigenvalue weighted by Crippen LogP contribution is -2.36. The van der Waals surface area contributed by atoms with Crippen molar-refractivity contribution in [3.8, 4) is 0 Å². The van der Waals surface area contributed by atoms with E-state index in [0.717, 1.165) is 11.4 Å². The van der Waals surface area contributed by atoms with Crippen LogP contribution in [0.3, 0.4) is 0 Å². The van der Waals surface area contributed by atoms with Gasteiger partial charge >= 0.3 is 0 Å². The number of nitrogens with two attached hydrogens (primary N) is 1. The number of amides is 2. The number of hydrogen-bond donors (Lipinski definition) is 3. The van der Waals surface area contributed by atoms with Crippen molar-refractivity contribution in [2.45, 2.75) is 13.8 Å². The minimum Gasteiger partial charge on any atom is -0.346 e. The lowest BCUT2D eigenvalue weighted by molar-refractivity contribution is -0.123. The Balaban J connectivity index is 0. The predicted molar refractivity (Wildman–Crippen MR) is 78.9 cm³/mol. The van der Waals surface area contributed by atoms with Gasteiger partial charge in [-0.2, -0.15) is 0 Å². The van der Waals surface area contributed by atoms with Crippen molar-refractivity contribution < 1.29 is 9.59 Å². The van der Waals surface area contributed by atoms with E-state index in [1.165, 1.54) is 0 Å². The first-order valence-electron chi connectivity index (χ1n) is 5.24. The first-order chi connectivity index (χ1) is 8.02. The van der Waals surface area contributed by atoms with E-state index in [1.807, 2.05) is 6.92 Å². The van der Waals surface area contributed by atoms with Crippen LogP contribution in [-0.2, 0) is 9.59 Å². The zero-order valence-electron chi connectivity index (χ0n) is 10.7. The molecule has 1 rings (SSSR count). The topological polar surface area (TPSA) is 97.1 Å². The van der Waals surface area contributed by atoms with Crippen LogP contribution in [-0.4, -0.2) is 29.9 Å². The van der Waals surface area contributed by atoms with Crippen LogP contribution in [0.15, 0.2) is 12.1 Å². The maximum absolute atomic E-state index is 11.5. The first kappa shape index (κ1) is 20.0. The molecule has 0 radical (unpaired) electrons. The second-order valence-corrected chi connectivity index (χ2v) is 3.61. The van der Waals surface area contributed by atoms with Gasteiger partial charge in [-0.1, -0.05) is 0 Å². The number of aryl methyl sites for hydroxylation is 2. The molecule has 0 saturated heterocycles. The number of carbonyl (C=O) groups is 2. The van der Waals surface area contributed by atoms with Gasteiger partial charge in [0.2, 0.25) is 11.8 Å². The number of aromatic nitrogens is 1. The normalized spacial score (nSPS) is 8.79. The van der Waals surface area contributed by atoms with Crippen LogP contribution in [0.2, 0.25) is 0 Å². The van der Waals surface area contributed by atoms with Crippen LogP contribution in [0.5, 0.6) is 0 Å². The van der Waals surface area contributed by atoms with E-state index in [-0.39, 0.29) is 49.7 Å². The monoisotopic (exact) mass is 308 g/mol. The molecule has 0 aliphatic heterocycles. The highest BCUT2D eigenvalue weighted by molar-refractivity contribution is 5.95. The average molecular weight is 309 g/mol. The number of nitrogens with zero attached hydrogens (tertiary/aromatic N) is 1. The Kier molecular flexibility index (Phi) is 10.0. The lowest BCUT2D eigenvalue weighted by Gasteiger charge is -2.08. The number of carbonyl (C=O) groups excluding carboxylic acids is 2. The summed E-state index contributed by atoms with van der Waals surface area (Å²) in [6, 6.07) is 3.58. The summed E-state index contributed by atoms with van der Waals surface area (Å²) in [6.07, 6.45) is 0. The predicted octanol–water partition coefficient (Wildman–Crippen LogP) is 0.555. The van der Waals surface area contributed by atoms with Gasteiger partial charge in [-0.15, -0.1) is 24.8 Å². The molecule has 0 saturated carbocycles. The highest BCUT2D eigenvalue weighted by Gasteiger charge is 2.06. The third-order valence-electron chi connectivity index (χ3n) is 2.13. The number of hydrogen-bond acceptors (Lipinski definition) is 4. The van der Waals surface area contributed by atoms with Crippen LogP contribution in [0.1, 0.15) is 11.4 Å². The molecule has 0 bridgehead atoms. The molecule has 108 valence electrons. The standard InChI is InChI=1S/C11H16N4O2.2ClH/c1-7-3-4-9(8(2)14-7)15-11(17)6-13-10(16)5-12;;/h3-4H,5-6,12H2,1-2H3,(H,13,16)(H,15,17);2*1H. The summed E-state index contributed by atoms with van der Waals surface area (Å²) in [5, 5.41) is 5.05. The fourth-order valence-electron chi connectivity index (χ4n) is 1.26. The van der Waals surface area contributed by atoms with Crippen LogP contribution in [0, 0.1) is 13.8 Å². The zero-order valence-corrected chi connectivity index (χ0v) is 12.4. The fourth-order valence-corrected chi connectivity index (χ4v) is 1.26. The summed E-state index contributed by atoms with van der Waals surface area (Å²) >= 11 is 0. The first-order valence-corrected chi connectivity index (χ1v) is 5.24. The van der Waals surface area contributed by atoms with Gasteiger partial charge in [0, 0.05) is 5.69 Å². The van der Waals surface area contributed by atoms with E-state index in [1.54, 1.807) is 19.1 Å². The van der Waals surface area contributed by atoms with E-state index in [9.17, 15) is 9.59 Å². The largest absolute Gasteiger partial charge is 0.346 e. The van der Waals surface area contributed by atoms with Crippen molar-refractivity contribution in [1.29, 1.82) is 0 Å². The van der Waals surface area contributed by atoms with Gasteiger partial charge < -0.3 is 16.4 Å². The summed E-state index contributed by atoms with van der Waals surface area (Å²) in [6.45, 7) is 3.46. The summed E-state index contributed by atoms with van der Waals surface area (Å²) in [5.41, 5.74) is 7.36. The van der Waals surface area contributed by atoms with Crippen LogP contribution in [0.25, 0.3) is 0 Å². The molecule has 0 aliphatic carbocycles. The van der Waals surface area contributed by atoms with E-state index in [0.29, 0.717) is 5.69 Å². The Morgan fingerprint density at radius 3 is 2.37 bits per heavy atom. The van der Waals surface area contributed by atoms with E-state index < -0.39 is 0 Å². The molecule has 0 atom stereocenters. The Hall–Kier alpha value is -1.37. The number of halogens is 2. The van der Waals surface area contributed by atoms with Crippen LogP contribution >= 0.6 is 24.8 Å². The summed E-state index contributed by atoms with van der Waals surface area (Å²) in [5.74, 6) is -0.667.